The van der Waals surface area contributed by atoms with Gasteiger partial charge in [-0.2, -0.15) is 5.10 Å². The molecule has 1 N–H and O–H groups in total. The van der Waals surface area contributed by atoms with Crippen LogP contribution >= 0.6 is 23.2 Å². The fourth-order valence-electron chi connectivity index (χ4n) is 2.92. The number of amides is 1. The van der Waals surface area contributed by atoms with E-state index in [-0.39, 0.29) is 22.2 Å². The molecular weight excluding hydrogens is 427 g/mol. The zero-order chi connectivity index (χ0) is 20.9. The summed E-state index contributed by atoms with van der Waals surface area (Å²) in [4.78, 5) is 12.7. The van der Waals surface area contributed by atoms with Crippen molar-refractivity contribution in [2.45, 2.75) is 20.1 Å². The minimum atomic E-state index is -3.77. The predicted octanol–water partition coefficient (Wildman–Crippen LogP) is 5.37. The van der Waals surface area contributed by atoms with Gasteiger partial charge >= 0.3 is 6.29 Å². The first-order chi connectivity index (χ1) is 13.6. The minimum Gasteiger partial charge on any atom is -0.395 e. The molecule has 0 unspecified atom stereocenters. The Hall–Kier alpha value is -2.84. The van der Waals surface area contributed by atoms with Gasteiger partial charge in [-0.15, -0.1) is 8.78 Å². The van der Waals surface area contributed by atoms with Gasteiger partial charge in [-0.05, 0) is 32.0 Å². The number of halogens is 4. The van der Waals surface area contributed by atoms with Crippen LogP contribution in [0, 0.1) is 13.8 Å². The predicted molar refractivity (Wildman–Crippen MR) is 104 cm³/mol. The fraction of sp³-hybridized carbons (Fsp3) is 0.158. The first kappa shape index (κ1) is 19.5. The van der Waals surface area contributed by atoms with Gasteiger partial charge in [0.15, 0.2) is 11.5 Å². The van der Waals surface area contributed by atoms with E-state index in [1.54, 1.807) is 35.9 Å². The van der Waals surface area contributed by atoms with Crippen LogP contribution in [0.4, 0.5) is 14.5 Å². The molecule has 1 aliphatic heterocycles. The van der Waals surface area contributed by atoms with Crippen molar-refractivity contribution in [3.05, 3.63) is 63.4 Å². The van der Waals surface area contributed by atoms with Gasteiger partial charge < -0.3 is 14.8 Å². The summed E-state index contributed by atoms with van der Waals surface area (Å²) in [5.74, 6) is -0.922. The van der Waals surface area contributed by atoms with Crippen LogP contribution in [0.5, 0.6) is 11.5 Å². The molecule has 2 aromatic carbocycles. The lowest BCUT2D eigenvalue weighted by Crippen LogP contribution is -2.25. The lowest BCUT2D eigenvalue weighted by Gasteiger charge is -2.10. The smallest absolute Gasteiger partial charge is 0.395 e. The normalized spacial score (nSPS) is 14.1. The molecule has 29 heavy (non-hydrogen) atoms. The number of hydrogen-bond donors (Lipinski definition) is 1. The number of aromatic nitrogens is 2. The zero-order valence-corrected chi connectivity index (χ0v) is 16.6. The molecule has 0 aliphatic carbocycles. The van der Waals surface area contributed by atoms with Crippen LogP contribution in [0.2, 0.25) is 10.0 Å². The Balaban J connectivity index is 1.61. The molecule has 0 atom stereocenters. The summed E-state index contributed by atoms with van der Waals surface area (Å²) in [7, 11) is 0. The van der Waals surface area contributed by atoms with Crippen molar-refractivity contribution in [1.29, 1.82) is 0 Å². The van der Waals surface area contributed by atoms with E-state index in [0.717, 1.165) is 11.8 Å². The van der Waals surface area contributed by atoms with E-state index in [1.807, 2.05) is 6.92 Å². The summed E-state index contributed by atoms with van der Waals surface area (Å²) >= 11 is 12.3. The number of nitrogens with zero attached hydrogens (tertiary/aromatic N) is 2. The van der Waals surface area contributed by atoms with E-state index in [0.29, 0.717) is 22.0 Å². The van der Waals surface area contributed by atoms with Gasteiger partial charge in [0.25, 0.3) is 5.91 Å². The summed E-state index contributed by atoms with van der Waals surface area (Å²) < 4.78 is 36.8. The number of fused-ring (bicyclic) bond motifs is 1. The number of alkyl halides is 2. The summed E-state index contributed by atoms with van der Waals surface area (Å²) in [5, 5.41) is 7.52. The Morgan fingerprint density at radius 3 is 2.48 bits per heavy atom. The molecule has 0 bridgehead atoms. The molecule has 1 amide bonds. The lowest BCUT2D eigenvalue weighted by atomic mass is 10.1. The summed E-state index contributed by atoms with van der Waals surface area (Å²) in [6.45, 7) is 3.60. The van der Waals surface area contributed by atoms with E-state index in [9.17, 15) is 13.6 Å². The number of aryl methyl sites for hydroxylation is 1. The average Bonchev–Trinajstić information content (AvgIpc) is 3.10. The molecule has 4 rings (SSSR count). The summed E-state index contributed by atoms with van der Waals surface area (Å²) in [5.41, 5.74) is 2.47. The van der Waals surface area contributed by atoms with Crippen LogP contribution < -0.4 is 14.8 Å². The van der Waals surface area contributed by atoms with Gasteiger partial charge in [0.2, 0.25) is 0 Å². The average molecular weight is 440 g/mol. The van der Waals surface area contributed by atoms with Gasteiger partial charge in [0.05, 0.1) is 32.8 Å². The van der Waals surface area contributed by atoms with Crippen LogP contribution in [0.3, 0.4) is 0 Å². The van der Waals surface area contributed by atoms with Crippen molar-refractivity contribution in [3.63, 3.8) is 0 Å². The second-order valence-electron chi connectivity index (χ2n) is 6.35. The maximum Gasteiger partial charge on any atom is 0.586 e. The maximum absolute atomic E-state index is 13.2. The highest BCUT2D eigenvalue weighted by atomic mass is 35.5. The molecule has 10 heteroatoms. The van der Waals surface area contributed by atoms with Crippen molar-refractivity contribution in [1.82, 2.24) is 9.78 Å². The van der Waals surface area contributed by atoms with Crippen LogP contribution in [-0.4, -0.2) is 22.0 Å². The molecule has 2 heterocycles. The Bertz CT molecular complexity index is 1150. The second-order valence-corrected chi connectivity index (χ2v) is 7.13. The minimum absolute atomic E-state index is 0.0277. The SMILES string of the molecule is Cc1nn(-c2cccc(C(=O)Nc3cc4c(cc3Cl)OC(F)(F)O4)c2)c(C)c1Cl. The summed E-state index contributed by atoms with van der Waals surface area (Å²) in [6.07, 6.45) is -3.77. The molecule has 0 radical (unpaired) electrons. The number of rotatable bonds is 3. The second kappa shape index (κ2) is 6.89. The third-order valence-corrected chi connectivity index (χ3v) is 5.15. The molecule has 6 nitrogen and oxygen atoms in total. The summed E-state index contributed by atoms with van der Waals surface area (Å²) in [6, 6.07) is 9.03. The van der Waals surface area contributed by atoms with E-state index in [2.05, 4.69) is 19.9 Å². The zero-order valence-electron chi connectivity index (χ0n) is 15.1. The Kier molecular flexibility index (Phi) is 4.63. The van der Waals surface area contributed by atoms with Crippen LogP contribution in [0.1, 0.15) is 21.7 Å². The largest absolute Gasteiger partial charge is 0.586 e. The first-order valence-corrected chi connectivity index (χ1v) is 9.13. The number of hydrogen-bond acceptors (Lipinski definition) is 4. The van der Waals surface area contributed by atoms with Crippen LogP contribution in [0.25, 0.3) is 5.69 Å². The molecule has 3 aromatic rings. The molecule has 1 aromatic heterocycles. The third kappa shape index (κ3) is 3.61. The Labute approximate surface area is 173 Å². The first-order valence-electron chi connectivity index (χ1n) is 8.37. The molecule has 0 saturated heterocycles. The van der Waals surface area contributed by atoms with Crippen molar-refractivity contribution in [2.24, 2.45) is 0 Å². The third-order valence-electron chi connectivity index (χ3n) is 4.30. The topological polar surface area (TPSA) is 65.4 Å². The monoisotopic (exact) mass is 439 g/mol. The molecule has 1 aliphatic rings. The highest BCUT2D eigenvalue weighted by Crippen LogP contribution is 2.45. The van der Waals surface area contributed by atoms with Crippen molar-refractivity contribution < 1.29 is 23.0 Å². The van der Waals surface area contributed by atoms with Gasteiger partial charge in [0, 0.05) is 17.7 Å². The standard InChI is InChI=1S/C19H13Cl2F2N3O3/c1-9-17(21)10(2)26(25-9)12-5-3-4-11(6-12)18(27)24-14-8-16-15(7-13(14)20)28-19(22,23)29-16/h3-8H,1-2H3,(H,24,27). The van der Waals surface area contributed by atoms with Crippen LogP contribution in [-0.2, 0) is 0 Å². The maximum atomic E-state index is 13.2. The van der Waals surface area contributed by atoms with Gasteiger partial charge in [-0.3, -0.25) is 4.79 Å². The van der Waals surface area contributed by atoms with Gasteiger partial charge in [-0.1, -0.05) is 29.3 Å². The number of ether oxygens (including phenoxy) is 2. The number of anilines is 1. The van der Waals surface area contributed by atoms with Crippen LogP contribution in [0.15, 0.2) is 36.4 Å². The highest BCUT2D eigenvalue weighted by molar-refractivity contribution is 6.34. The quantitative estimate of drug-likeness (QED) is 0.595. The van der Waals surface area contributed by atoms with Crippen molar-refractivity contribution in [2.75, 3.05) is 5.32 Å². The van der Waals surface area contributed by atoms with E-state index in [4.69, 9.17) is 23.2 Å². The number of benzene rings is 2. The molecule has 150 valence electrons. The van der Waals surface area contributed by atoms with Crippen molar-refractivity contribution >= 4 is 34.8 Å². The molecule has 0 spiro atoms. The van der Waals surface area contributed by atoms with Crippen molar-refractivity contribution in [3.8, 4) is 17.2 Å². The van der Waals surface area contributed by atoms with Gasteiger partial charge in [0.1, 0.15) is 0 Å². The fourth-order valence-corrected chi connectivity index (χ4v) is 3.23. The lowest BCUT2D eigenvalue weighted by molar-refractivity contribution is -0.286. The molecular formula is C19H13Cl2F2N3O3. The molecule has 0 fully saturated rings. The number of carbonyl (C=O) groups is 1. The Morgan fingerprint density at radius 2 is 1.83 bits per heavy atom. The van der Waals surface area contributed by atoms with E-state index in [1.165, 1.54) is 6.07 Å². The van der Waals surface area contributed by atoms with Gasteiger partial charge in [-0.25, -0.2) is 4.68 Å². The van der Waals surface area contributed by atoms with E-state index < -0.39 is 12.2 Å². The highest BCUT2D eigenvalue weighted by Gasteiger charge is 2.43. The number of nitrogens with one attached hydrogen (secondary N) is 1. The number of carbonyl (C=O) groups excluding carboxylic acids is 1. The van der Waals surface area contributed by atoms with E-state index >= 15 is 0 Å². The molecule has 0 saturated carbocycles. The Morgan fingerprint density at radius 1 is 1.14 bits per heavy atom.